The molecule has 200 valence electrons. The Morgan fingerprint density at radius 3 is 1.05 bits per heavy atom. The summed E-state index contributed by atoms with van der Waals surface area (Å²) in [6, 6.07) is 27.5. The Hall–Kier alpha value is -6.02. The fourth-order valence-electron chi connectivity index (χ4n) is 6.34. The number of hydrogen-bond donors (Lipinski definition) is 2. The number of benzene rings is 6. The van der Waals surface area contributed by atoms with Gasteiger partial charge in [0.05, 0.1) is 11.4 Å². The van der Waals surface area contributed by atoms with E-state index in [1.807, 2.05) is 24.3 Å². The van der Waals surface area contributed by atoms with Gasteiger partial charge in [0.2, 0.25) is 0 Å². The molecular formula is C34H20N4O4. The van der Waals surface area contributed by atoms with E-state index in [0.29, 0.717) is 44.3 Å². The third-order valence-corrected chi connectivity index (χ3v) is 8.24. The van der Waals surface area contributed by atoms with Crippen LogP contribution in [0.25, 0.3) is 32.3 Å². The summed E-state index contributed by atoms with van der Waals surface area (Å²) in [6.45, 7) is 0. The van der Waals surface area contributed by atoms with E-state index in [4.69, 9.17) is 11.5 Å². The molecule has 42 heavy (non-hydrogen) atoms. The number of nitrogens with two attached hydrogens (primary N) is 2. The Morgan fingerprint density at radius 1 is 0.381 bits per heavy atom. The lowest BCUT2D eigenvalue weighted by Crippen LogP contribution is -2.43. The zero-order valence-electron chi connectivity index (χ0n) is 21.9. The van der Waals surface area contributed by atoms with Gasteiger partial charge in [-0.2, -0.15) is 0 Å². The van der Waals surface area contributed by atoms with Crippen LogP contribution in [-0.4, -0.2) is 23.6 Å². The maximum Gasteiger partial charge on any atom is 0.266 e. The van der Waals surface area contributed by atoms with Crippen LogP contribution < -0.4 is 21.3 Å². The van der Waals surface area contributed by atoms with E-state index in [1.54, 1.807) is 72.8 Å². The van der Waals surface area contributed by atoms with Gasteiger partial charge in [0.1, 0.15) is 0 Å². The lowest BCUT2D eigenvalue weighted by atomic mass is 9.85. The van der Waals surface area contributed by atoms with Crippen molar-refractivity contribution < 1.29 is 19.2 Å². The molecule has 2 aliphatic rings. The largest absolute Gasteiger partial charge is 0.398 e. The fourth-order valence-corrected chi connectivity index (χ4v) is 6.34. The summed E-state index contributed by atoms with van der Waals surface area (Å²) >= 11 is 0. The van der Waals surface area contributed by atoms with Gasteiger partial charge < -0.3 is 11.5 Å². The number of nitrogen functional groups attached to an aromatic ring is 2. The van der Waals surface area contributed by atoms with Gasteiger partial charge in [0, 0.05) is 65.9 Å². The van der Waals surface area contributed by atoms with Crippen LogP contribution in [-0.2, 0) is 0 Å². The van der Waals surface area contributed by atoms with Gasteiger partial charge >= 0.3 is 0 Å². The molecule has 0 atom stereocenters. The van der Waals surface area contributed by atoms with E-state index < -0.39 is 23.6 Å². The summed E-state index contributed by atoms with van der Waals surface area (Å²) in [5, 5.41) is 3.37. The number of nitrogens with zero attached hydrogens (tertiary/aromatic N) is 2. The van der Waals surface area contributed by atoms with Crippen LogP contribution in [0, 0.1) is 0 Å². The first-order valence-corrected chi connectivity index (χ1v) is 13.3. The number of carbonyl (C=O) groups is 4. The number of imide groups is 2. The zero-order valence-corrected chi connectivity index (χ0v) is 21.9. The summed E-state index contributed by atoms with van der Waals surface area (Å²) in [5.41, 5.74) is 15.1. The first-order valence-electron chi connectivity index (χ1n) is 13.3. The van der Waals surface area contributed by atoms with E-state index >= 15 is 0 Å². The Labute approximate surface area is 238 Å². The van der Waals surface area contributed by atoms with Crippen molar-refractivity contribution in [2.75, 3.05) is 21.3 Å². The molecular weight excluding hydrogens is 528 g/mol. The predicted octanol–water partition coefficient (Wildman–Crippen LogP) is 5.91. The van der Waals surface area contributed by atoms with Crippen LogP contribution in [0.1, 0.15) is 41.4 Å². The molecule has 0 fully saturated rings. The summed E-state index contributed by atoms with van der Waals surface area (Å²) in [5.74, 6) is -2.17. The monoisotopic (exact) mass is 548 g/mol. The molecule has 0 bridgehead atoms. The smallest absolute Gasteiger partial charge is 0.266 e. The molecule has 0 saturated carbocycles. The van der Waals surface area contributed by atoms with Crippen molar-refractivity contribution in [3.05, 3.63) is 119 Å². The van der Waals surface area contributed by atoms with E-state index in [0.717, 1.165) is 20.6 Å². The Morgan fingerprint density at radius 2 is 0.690 bits per heavy atom. The molecule has 6 aromatic carbocycles. The molecule has 4 N–H and O–H groups in total. The maximum absolute atomic E-state index is 14.0. The first-order chi connectivity index (χ1) is 20.4. The van der Waals surface area contributed by atoms with Crippen LogP contribution in [0.4, 0.5) is 22.7 Å². The van der Waals surface area contributed by atoms with Crippen molar-refractivity contribution in [2.24, 2.45) is 0 Å². The van der Waals surface area contributed by atoms with Gasteiger partial charge in [0.25, 0.3) is 23.6 Å². The molecule has 2 heterocycles. The minimum Gasteiger partial charge on any atom is -0.398 e. The van der Waals surface area contributed by atoms with Crippen LogP contribution in [0.3, 0.4) is 0 Å². The Kier molecular flexibility index (Phi) is 4.68. The topological polar surface area (TPSA) is 127 Å². The lowest BCUT2D eigenvalue weighted by Gasteiger charge is -2.32. The van der Waals surface area contributed by atoms with Crippen molar-refractivity contribution >= 4 is 78.7 Å². The van der Waals surface area contributed by atoms with E-state index in [1.165, 1.54) is 0 Å². The number of rotatable bonds is 2. The molecule has 8 rings (SSSR count). The van der Waals surface area contributed by atoms with Crippen LogP contribution >= 0.6 is 0 Å². The molecule has 4 amide bonds. The van der Waals surface area contributed by atoms with Crippen molar-refractivity contribution in [2.45, 2.75) is 0 Å². The van der Waals surface area contributed by atoms with Crippen molar-refractivity contribution in [3.63, 3.8) is 0 Å². The number of amides is 4. The third kappa shape index (κ3) is 2.95. The van der Waals surface area contributed by atoms with Gasteiger partial charge in [0.15, 0.2) is 0 Å². The molecule has 6 aromatic rings. The third-order valence-electron chi connectivity index (χ3n) is 8.24. The Bertz CT molecular complexity index is 2040. The van der Waals surface area contributed by atoms with Gasteiger partial charge in [-0.3, -0.25) is 19.2 Å². The van der Waals surface area contributed by atoms with E-state index in [9.17, 15) is 19.2 Å². The predicted molar refractivity (Wildman–Crippen MR) is 163 cm³/mol. The molecule has 0 radical (unpaired) electrons. The molecule has 8 nitrogen and oxygen atoms in total. The summed E-state index contributed by atoms with van der Waals surface area (Å²) < 4.78 is 0. The second-order valence-corrected chi connectivity index (χ2v) is 10.4. The molecule has 0 saturated heterocycles. The van der Waals surface area contributed by atoms with Crippen molar-refractivity contribution in [1.82, 2.24) is 0 Å². The second kappa shape index (κ2) is 8.25. The highest BCUT2D eigenvalue weighted by molar-refractivity contribution is 6.43. The highest BCUT2D eigenvalue weighted by atomic mass is 16.2. The number of hydrogen-bond acceptors (Lipinski definition) is 6. The highest BCUT2D eigenvalue weighted by Gasteiger charge is 2.41. The average molecular weight is 549 g/mol. The van der Waals surface area contributed by atoms with Crippen molar-refractivity contribution in [3.8, 4) is 0 Å². The maximum atomic E-state index is 14.0. The molecule has 8 heteroatoms. The van der Waals surface area contributed by atoms with Crippen LogP contribution in [0.15, 0.2) is 97.1 Å². The minimum atomic E-state index is -0.544. The van der Waals surface area contributed by atoms with Crippen molar-refractivity contribution in [1.29, 1.82) is 0 Å². The second-order valence-electron chi connectivity index (χ2n) is 10.4. The normalized spacial score (nSPS) is 14.5. The fraction of sp³-hybridized carbons (Fsp3) is 0. The Balaban J connectivity index is 1.32. The minimum absolute atomic E-state index is 0.234. The zero-order chi connectivity index (χ0) is 28.9. The molecule has 0 spiro atoms. The van der Waals surface area contributed by atoms with E-state index in [2.05, 4.69) is 0 Å². The molecule has 0 aromatic heterocycles. The standard InChI is InChI=1S/C34H20N4O4/c35-25-9-1-7-19-17(25)5-3-11-27(19)37-31(39)21-13-15-23-30-24(16-14-22(29(21)30)32(37)40)34(42)38(33(23)41)28-12-4-6-18-20(28)8-2-10-26(18)36/h1-16H,35-36H2. The lowest BCUT2D eigenvalue weighted by molar-refractivity contribution is 0.0873. The van der Waals surface area contributed by atoms with Gasteiger partial charge in [-0.15, -0.1) is 0 Å². The number of fused-ring (bicyclic) bond motifs is 2. The number of carbonyl (C=O) groups excluding carboxylic acids is 4. The summed E-state index contributed by atoms with van der Waals surface area (Å²) in [4.78, 5) is 58.2. The van der Waals surface area contributed by atoms with Crippen LogP contribution in [0.5, 0.6) is 0 Å². The van der Waals surface area contributed by atoms with Gasteiger partial charge in [-0.05, 0) is 48.5 Å². The summed E-state index contributed by atoms with van der Waals surface area (Å²) in [6.07, 6.45) is 0. The SMILES string of the molecule is Nc1cccc2c(N3C(=O)c4ccc5c6c(ccc(c46)C3=O)C(=O)N(c3cccc4c(N)cccc34)C5=O)cccc12. The van der Waals surface area contributed by atoms with Gasteiger partial charge in [-0.1, -0.05) is 48.5 Å². The quantitative estimate of drug-likeness (QED) is 0.205. The van der Waals surface area contributed by atoms with Crippen LogP contribution in [0.2, 0.25) is 0 Å². The highest BCUT2D eigenvalue weighted by Crippen LogP contribution is 2.42. The molecule has 0 unspecified atom stereocenters. The summed E-state index contributed by atoms with van der Waals surface area (Å²) in [7, 11) is 0. The average Bonchev–Trinajstić information content (AvgIpc) is 3.00. The van der Waals surface area contributed by atoms with E-state index in [-0.39, 0.29) is 22.3 Å². The number of anilines is 4. The molecule has 2 aliphatic heterocycles. The van der Waals surface area contributed by atoms with Gasteiger partial charge in [-0.25, -0.2) is 9.80 Å². The molecule has 0 aliphatic carbocycles. The first kappa shape index (κ1) is 23.8.